The van der Waals surface area contributed by atoms with E-state index >= 15 is 0 Å². The van der Waals surface area contributed by atoms with Gasteiger partial charge in [-0.1, -0.05) is 60.7 Å². The van der Waals surface area contributed by atoms with E-state index in [9.17, 15) is 14.0 Å². The van der Waals surface area contributed by atoms with Gasteiger partial charge in [0.25, 0.3) is 0 Å². The summed E-state index contributed by atoms with van der Waals surface area (Å²) in [5.41, 5.74) is 8.56. The average molecular weight is 660 g/mol. The first-order valence-electron chi connectivity index (χ1n) is 14.9. The summed E-state index contributed by atoms with van der Waals surface area (Å²) in [6, 6.07) is 22.8. The van der Waals surface area contributed by atoms with Crippen molar-refractivity contribution in [3.63, 3.8) is 0 Å². The Morgan fingerprint density at radius 1 is 0.936 bits per heavy atom. The number of fused-ring (bicyclic) bond motifs is 1. The Hall–Kier alpha value is -4.81. The van der Waals surface area contributed by atoms with Crippen LogP contribution in [0.1, 0.15) is 25.0 Å². The normalized spacial score (nSPS) is 13.8. The van der Waals surface area contributed by atoms with E-state index in [1.54, 1.807) is 42.1 Å². The lowest BCUT2D eigenvalue weighted by molar-refractivity contribution is -0.146. The second-order valence-corrected chi connectivity index (χ2v) is 11.9. The highest BCUT2D eigenvalue weighted by Gasteiger charge is 2.25. The van der Waals surface area contributed by atoms with Gasteiger partial charge in [0.15, 0.2) is 17.0 Å². The number of nitrogens with two attached hydrogens (primary N) is 1. The van der Waals surface area contributed by atoms with Crippen LogP contribution in [0.2, 0.25) is 0 Å². The minimum absolute atomic E-state index is 0.151. The largest absolute Gasteiger partial charge is 0.460 e. The Balaban J connectivity index is 1.22. The molecule has 14 heteroatoms. The number of anilines is 1. The van der Waals surface area contributed by atoms with Crippen molar-refractivity contribution in [1.82, 2.24) is 24.6 Å². The zero-order chi connectivity index (χ0) is 33.2. The molecule has 47 heavy (non-hydrogen) atoms. The molecule has 3 aromatic carbocycles. The van der Waals surface area contributed by atoms with Gasteiger partial charge in [-0.05, 0) is 55.7 Å². The fourth-order valence-corrected chi connectivity index (χ4v) is 5.76. The maximum Gasteiger partial charge on any atom is 0.323 e. The fraction of sp³-hybridized carbons (Fsp3) is 0.242. The number of amides is 1. The van der Waals surface area contributed by atoms with Crippen molar-refractivity contribution in [2.75, 3.05) is 5.32 Å². The topological polar surface area (TPSA) is 156 Å². The van der Waals surface area contributed by atoms with Gasteiger partial charge in [0.2, 0.25) is 5.91 Å². The minimum Gasteiger partial charge on any atom is -0.460 e. The summed E-state index contributed by atoms with van der Waals surface area (Å²) in [6.07, 6.45) is 2.68. The number of esters is 1. The van der Waals surface area contributed by atoms with Crippen LogP contribution in [0.3, 0.4) is 0 Å². The number of para-hydroxylation sites is 1. The standard InChI is InChI=1S/C33H35FN7O5P/c1-22(45-47(46-27-11-7-4-8-12-27)40-23(2)33(43)44-19-25-9-5-3-6-10-25)18-41-21-38-29-30(36-20-37-31(29)41)39-32(42)28(35)17-24-13-15-26(34)16-14-24/h3-16,20-23,28,40H,17-19,35H2,1-2H3,(H,36,37,39,42). The molecule has 4 atom stereocenters. The smallest absolute Gasteiger partial charge is 0.323 e. The molecule has 1 amide bonds. The number of hydrogen-bond acceptors (Lipinski definition) is 10. The van der Waals surface area contributed by atoms with Crippen molar-refractivity contribution in [3.8, 4) is 5.75 Å². The minimum atomic E-state index is -1.80. The van der Waals surface area contributed by atoms with Crippen LogP contribution in [0.15, 0.2) is 97.6 Å². The number of ether oxygens (including phenoxy) is 1. The summed E-state index contributed by atoms with van der Waals surface area (Å²) in [6.45, 7) is 4.01. The van der Waals surface area contributed by atoms with Gasteiger partial charge < -0.3 is 29.4 Å². The van der Waals surface area contributed by atoms with Crippen LogP contribution in [0.25, 0.3) is 11.2 Å². The number of benzene rings is 3. The molecule has 0 aliphatic carbocycles. The highest BCUT2D eigenvalue weighted by Crippen LogP contribution is 2.38. The number of rotatable bonds is 15. The van der Waals surface area contributed by atoms with Crippen LogP contribution in [0, 0.1) is 5.82 Å². The fourth-order valence-electron chi connectivity index (χ4n) is 4.48. The molecule has 5 rings (SSSR count). The van der Waals surface area contributed by atoms with Crippen LogP contribution in [0.5, 0.6) is 5.75 Å². The average Bonchev–Trinajstić information content (AvgIpc) is 3.48. The number of imidazole rings is 1. The van der Waals surface area contributed by atoms with Gasteiger partial charge in [-0.3, -0.25) is 9.59 Å². The van der Waals surface area contributed by atoms with Crippen molar-refractivity contribution >= 4 is 37.4 Å². The Bertz CT molecular complexity index is 1760. The molecule has 0 fully saturated rings. The predicted octanol–water partition coefficient (Wildman–Crippen LogP) is 4.91. The number of nitrogens with zero attached hydrogens (tertiary/aromatic N) is 4. The molecule has 0 aliphatic rings. The molecule has 0 spiro atoms. The Kier molecular flexibility index (Phi) is 11.5. The first-order valence-corrected chi connectivity index (χ1v) is 16.1. The summed E-state index contributed by atoms with van der Waals surface area (Å²) >= 11 is 0. The summed E-state index contributed by atoms with van der Waals surface area (Å²) in [5.74, 6) is -0.496. The van der Waals surface area contributed by atoms with Crippen LogP contribution in [-0.2, 0) is 38.4 Å². The molecule has 5 aromatic rings. The number of hydrogen-bond donors (Lipinski definition) is 3. The lowest BCUT2D eigenvalue weighted by atomic mass is 10.1. The highest BCUT2D eigenvalue weighted by atomic mass is 31.2. The van der Waals surface area contributed by atoms with E-state index in [1.165, 1.54) is 18.5 Å². The van der Waals surface area contributed by atoms with Crippen molar-refractivity contribution in [1.29, 1.82) is 0 Å². The van der Waals surface area contributed by atoms with Crippen LogP contribution < -0.4 is 20.7 Å². The van der Waals surface area contributed by atoms with E-state index in [1.807, 2.05) is 55.5 Å². The van der Waals surface area contributed by atoms with Gasteiger partial charge in [-0.15, -0.1) is 0 Å². The number of nitrogens with one attached hydrogen (secondary N) is 2. The zero-order valence-corrected chi connectivity index (χ0v) is 26.7. The van der Waals surface area contributed by atoms with Gasteiger partial charge in [-0.2, -0.15) is 0 Å². The van der Waals surface area contributed by atoms with E-state index in [0.29, 0.717) is 23.5 Å². The summed E-state index contributed by atoms with van der Waals surface area (Å²) in [5, 5.41) is 5.86. The van der Waals surface area contributed by atoms with Gasteiger partial charge in [-0.25, -0.2) is 24.4 Å². The van der Waals surface area contributed by atoms with Crippen molar-refractivity contribution in [2.24, 2.45) is 5.73 Å². The first kappa shape index (κ1) is 33.6. The van der Waals surface area contributed by atoms with Gasteiger partial charge >= 0.3 is 14.5 Å². The van der Waals surface area contributed by atoms with Gasteiger partial charge in [0.1, 0.15) is 30.5 Å². The first-order chi connectivity index (χ1) is 22.7. The molecule has 2 aromatic heterocycles. The molecule has 0 radical (unpaired) electrons. The number of halogens is 1. The summed E-state index contributed by atoms with van der Waals surface area (Å²) < 4.78 is 32.9. The quantitative estimate of drug-likeness (QED) is 0.104. The van der Waals surface area contributed by atoms with Crippen molar-refractivity contribution < 1.29 is 27.8 Å². The molecular weight excluding hydrogens is 624 g/mol. The lowest BCUT2D eigenvalue weighted by Gasteiger charge is -2.25. The molecule has 4 unspecified atom stereocenters. The van der Waals surface area contributed by atoms with E-state index < -0.39 is 38.6 Å². The second-order valence-electron chi connectivity index (χ2n) is 10.7. The maximum atomic E-state index is 13.2. The molecule has 4 N–H and O–H groups in total. The van der Waals surface area contributed by atoms with Gasteiger partial charge in [0.05, 0.1) is 25.0 Å². The van der Waals surface area contributed by atoms with Crippen LogP contribution in [-0.4, -0.2) is 49.6 Å². The molecular formula is C33H35FN7O5P. The molecule has 0 saturated carbocycles. The second kappa shape index (κ2) is 16.1. The van der Waals surface area contributed by atoms with E-state index in [4.69, 9.17) is 19.5 Å². The summed E-state index contributed by atoms with van der Waals surface area (Å²) in [4.78, 5) is 38.6. The van der Waals surface area contributed by atoms with Gasteiger partial charge in [0, 0.05) is 0 Å². The Morgan fingerprint density at radius 2 is 1.64 bits per heavy atom. The van der Waals surface area contributed by atoms with E-state index in [-0.39, 0.29) is 24.7 Å². The number of aromatic nitrogens is 4. The summed E-state index contributed by atoms with van der Waals surface area (Å²) in [7, 11) is -1.80. The highest BCUT2D eigenvalue weighted by molar-refractivity contribution is 7.45. The third-order valence-electron chi connectivity index (χ3n) is 6.89. The van der Waals surface area contributed by atoms with Crippen molar-refractivity contribution in [3.05, 3.63) is 115 Å². The number of carbonyl (C=O) groups excluding carboxylic acids is 2. The lowest BCUT2D eigenvalue weighted by Crippen LogP contribution is -2.37. The monoisotopic (exact) mass is 659 g/mol. The molecule has 2 heterocycles. The van der Waals surface area contributed by atoms with Crippen LogP contribution >= 0.6 is 8.53 Å². The van der Waals surface area contributed by atoms with Crippen LogP contribution in [0.4, 0.5) is 10.2 Å². The Morgan fingerprint density at radius 3 is 2.36 bits per heavy atom. The zero-order valence-electron chi connectivity index (χ0n) is 25.8. The van der Waals surface area contributed by atoms with E-state index in [2.05, 4.69) is 25.4 Å². The third kappa shape index (κ3) is 9.60. The SMILES string of the molecule is CC(Cn1cnc2c(NC(=O)C(N)Cc3ccc(F)cc3)ncnc21)OP(NC(C)C(=O)OCc1ccccc1)Oc1ccccc1. The molecule has 0 aliphatic heterocycles. The molecule has 0 bridgehead atoms. The van der Waals surface area contributed by atoms with E-state index in [0.717, 1.165) is 11.1 Å². The molecule has 12 nitrogen and oxygen atoms in total. The predicted molar refractivity (Wildman–Crippen MR) is 175 cm³/mol. The molecule has 0 saturated heterocycles. The number of carbonyl (C=O) groups is 2. The Labute approximate surface area is 272 Å². The maximum absolute atomic E-state index is 13.2. The van der Waals surface area contributed by atoms with Crippen molar-refractivity contribution in [2.45, 2.75) is 51.6 Å². The molecule has 244 valence electrons. The third-order valence-corrected chi connectivity index (χ3v) is 8.41.